The smallest absolute Gasteiger partial charge is 0.260 e. The maximum Gasteiger partial charge on any atom is 0.260 e. The lowest BCUT2D eigenvalue weighted by Gasteiger charge is -2.27. The van der Waals surface area contributed by atoms with Crippen LogP contribution in [0.2, 0.25) is 0 Å². The summed E-state index contributed by atoms with van der Waals surface area (Å²) in [5.74, 6) is 0.538. The number of methoxy groups -OCH3 is 1. The monoisotopic (exact) mass is 357 g/mol. The summed E-state index contributed by atoms with van der Waals surface area (Å²) in [5, 5.41) is 0. The number of morpholine rings is 1. The number of carbonyl (C=O) groups excluding carboxylic acids is 2. The molecule has 1 aromatic rings. The molecule has 0 unspecified atom stereocenters. The van der Waals surface area contributed by atoms with Gasteiger partial charge in [0.25, 0.3) is 5.91 Å². The van der Waals surface area contributed by atoms with Crippen molar-refractivity contribution in [3.8, 4) is 11.5 Å². The summed E-state index contributed by atoms with van der Waals surface area (Å²) in [7, 11) is 1.48. The SMILES string of the molecule is COc1ccc(Br)c(C=O)c1OCC(=O)N1CCOCC1. The molecule has 0 radical (unpaired) electrons. The molecule has 21 heavy (non-hydrogen) atoms. The van der Waals surface area contributed by atoms with Gasteiger partial charge in [0.2, 0.25) is 0 Å². The van der Waals surface area contributed by atoms with Crippen LogP contribution in [0.15, 0.2) is 16.6 Å². The van der Waals surface area contributed by atoms with Crippen LogP contribution in [0.3, 0.4) is 0 Å². The zero-order chi connectivity index (χ0) is 15.2. The second-order valence-corrected chi connectivity index (χ2v) is 5.25. The first-order chi connectivity index (χ1) is 10.2. The zero-order valence-corrected chi connectivity index (χ0v) is 13.2. The van der Waals surface area contributed by atoms with Gasteiger partial charge in [-0.25, -0.2) is 0 Å². The van der Waals surface area contributed by atoms with E-state index in [0.717, 1.165) is 0 Å². The number of benzene rings is 1. The molecular weight excluding hydrogens is 342 g/mol. The third-order valence-corrected chi connectivity index (χ3v) is 3.84. The van der Waals surface area contributed by atoms with E-state index in [4.69, 9.17) is 14.2 Å². The average molecular weight is 358 g/mol. The van der Waals surface area contributed by atoms with E-state index in [1.807, 2.05) is 0 Å². The molecule has 114 valence electrons. The quantitative estimate of drug-likeness (QED) is 0.747. The van der Waals surface area contributed by atoms with Crippen LogP contribution >= 0.6 is 15.9 Å². The molecule has 7 heteroatoms. The molecule has 0 N–H and O–H groups in total. The topological polar surface area (TPSA) is 65.1 Å². The van der Waals surface area contributed by atoms with Crippen molar-refractivity contribution < 1.29 is 23.8 Å². The molecule has 6 nitrogen and oxygen atoms in total. The minimum absolute atomic E-state index is 0.142. The highest BCUT2D eigenvalue weighted by Gasteiger charge is 2.20. The number of carbonyl (C=O) groups is 2. The van der Waals surface area contributed by atoms with E-state index < -0.39 is 0 Å². The van der Waals surface area contributed by atoms with Crippen LogP contribution in [0.25, 0.3) is 0 Å². The summed E-state index contributed by atoms with van der Waals surface area (Å²) < 4.78 is 16.5. The Morgan fingerprint density at radius 2 is 2.14 bits per heavy atom. The van der Waals surface area contributed by atoms with E-state index in [1.165, 1.54) is 7.11 Å². The molecule has 1 fully saturated rings. The maximum atomic E-state index is 12.1. The molecule has 1 amide bonds. The number of aldehydes is 1. The van der Waals surface area contributed by atoms with E-state index >= 15 is 0 Å². The molecule has 0 aromatic heterocycles. The van der Waals surface area contributed by atoms with Crippen molar-refractivity contribution in [2.45, 2.75) is 0 Å². The predicted octanol–water partition coefficient (Wildman–Crippen LogP) is 1.51. The fourth-order valence-corrected chi connectivity index (χ4v) is 2.42. The lowest BCUT2D eigenvalue weighted by molar-refractivity contribution is -0.137. The highest BCUT2D eigenvalue weighted by molar-refractivity contribution is 9.10. The van der Waals surface area contributed by atoms with Crippen LogP contribution in [0.5, 0.6) is 11.5 Å². The van der Waals surface area contributed by atoms with E-state index in [2.05, 4.69) is 15.9 Å². The Labute approximate surface area is 131 Å². The number of rotatable bonds is 5. The fourth-order valence-electron chi connectivity index (χ4n) is 2.01. The Bertz CT molecular complexity index is 528. The molecule has 1 aliphatic heterocycles. The van der Waals surface area contributed by atoms with Gasteiger partial charge in [-0.3, -0.25) is 9.59 Å². The van der Waals surface area contributed by atoms with Gasteiger partial charge in [-0.05, 0) is 28.1 Å². The Morgan fingerprint density at radius 3 is 2.76 bits per heavy atom. The van der Waals surface area contributed by atoms with Crippen LogP contribution in [0.1, 0.15) is 10.4 Å². The molecule has 0 bridgehead atoms. The molecule has 2 rings (SSSR count). The molecule has 0 aliphatic carbocycles. The van der Waals surface area contributed by atoms with Gasteiger partial charge in [-0.1, -0.05) is 0 Å². The number of nitrogens with zero attached hydrogens (tertiary/aromatic N) is 1. The van der Waals surface area contributed by atoms with Crippen molar-refractivity contribution in [2.75, 3.05) is 40.0 Å². The number of halogens is 1. The second-order valence-electron chi connectivity index (χ2n) is 4.39. The Hall–Kier alpha value is -1.60. The van der Waals surface area contributed by atoms with Gasteiger partial charge in [0, 0.05) is 17.6 Å². The van der Waals surface area contributed by atoms with Gasteiger partial charge in [-0.2, -0.15) is 0 Å². The van der Waals surface area contributed by atoms with Crippen molar-refractivity contribution in [1.29, 1.82) is 0 Å². The van der Waals surface area contributed by atoms with Crippen molar-refractivity contribution >= 4 is 28.1 Å². The van der Waals surface area contributed by atoms with E-state index in [0.29, 0.717) is 48.4 Å². The van der Waals surface area contributed by atoms with Crippen molar-refractivity contribution in [2.24, 2.45) is 0 Å². The zero-order valence-electron chi connectivity index (χ0n) is 11.6. The summed E-state index contributed by atoms with van der Waals surface area (Å²) in [6.45, 7) is 2.03. The molecular formula is C14H16BrNO5. The van der Waals surface area contributed by atoms with Gasteiger partial charge in [0.05, 0.1) is 25.9 Å². The normalized spacial score (nSPS) is 14.7. The van der Waals surface area contributed by atoms with Crippen molar-refractivity contribution in [3.05, 3.63) is 22.2 Å². The number of hydrogen-bond acceptors (Lipinski definition) is 5. The van der Waals surface area contributed by atoms with Crippen LogP contribution in [-0.4, -0.2) is 57.1 Å². The highest BCUT2D eigenvalue weighted by Crippen LogP contribution is 2.35. The standard InChI is InChI=1S/C14H16BrNO5/c1-19-12-3-2-11(15)10(8-17)14(12)21-9-13(18)16-4-6-20-7-5-16/h2-3,8H,4-7,9H2,1H3. The number of amides is 1. The van der Waals surface area contributed by atoms with Crippen LogP contribution in [-0.2, 0) is 9.53 Å². The van der Waals surface area contributed by atoms with E-state index in [1.54, 1.807) is 17.0 Å². The predicted molar refractivity (Wildman–Crippen MR) is 79.0 cm³/mol. The Kier molecular flexibility index (Phi) is 5.58. The first-order valence-corrected chi connectivity index (χ1v) is 7.26. The fraction of sp³-hybridized carbons (Fsp3) is 0.429. The third-order valence-electron chi connectivity index (χ3n) is 3.15. The lowest BCUT2D eigenvalue weighted by atomic mass is 10.2. The second kappa shape index (κ2) is 7.42. The summed E-state index contributed by atoms with van der Waals surface area (Å²) >= 11 is 3.28. The summed E-state index contributed by atoms with van der Waals surface area (Å²) in [5.41, 5.74) is 0.323. The van der Waals surface area contributed by atoms with E-state index in [9.17, 15) is 9.59 Å². The largest absolute Gasteiger partial charge is 0.493 e. The summed E-state index contributed by atoms with van der Waals surface area (Å²) in [4.78, 5) is 24.9. The van der Waals surface area contributed by atoms with Gasteiger partial charge >= 0.3 is 0 Å². The van der Waals surface area contributed by atoms with Crippen molar-refractivity contribution in [3.63, 3.8) is 0 Å². The Morgan fingerprint density at radius 1 is 1.43 bits per heavy atom. The number of hydrogen-bond donors (Lipinski definition) is 0. The lowest BCUT2D eigenvalue weighted by Crippen LogP contribution is -2.43. The number of ether oxygens (including phenoxy) is 3. The Balaban J connectivity index is 2.09. The van der Waals surface area contributed by atoms with Crippen LogP contribution in [0, 0.1) is 0 Å². The van der Waals surface area contributed by atoms with Gasteiger partial charge < -0.3 is 19.1 Å². The minimum Gasteiger partial charge on any atom is -0.493 e. The minimum atomic E-state index is -0.145. The van der Waals surface area contributed by atoms with E-state index in [-0.39, 0.29) is 18.3 Å². The molecule has 0 spiro atoms. The maximum absolute atomic E-state index is 12.1. The molecule has 1 aromatic carbocycles. The summed E-state index contributed by atoms with van der Waals surface area (Å²) in [6.07, 6.45) is 0.668. The van der Waals surface area contributed by atoms with Crippen LogP contribution in [0.4, 0.5) is 0 Å². The highest BCUT2D eigenvalue weighted by atomic mass is 79.9. The van der Waals surface area contributed by atoms with Crippen molar-refractivity contribution in [1.82, 2.24) is 4.90 Å². The molecule has 0 saturated carbocycles. The molecule has 1 aliphatic rings. The van der Waals surface area contributed by atoms with Gasteiger partial charge in [0.1, 0.15) is 0 Å². The molecule has 0 atom stereocenters. The molecule has 1 heterocycles. The third kappa shape index (κ3) is 3.74. The van der Waals surface area contributed by atoms with Crippen LogP contribution < -0.4 is 9.47 Å². The average Bonchev–Trinajstić information content (AvgIpc) is 2.53. The molecule has 1 saturated heterocycles. The first kappa shape index (κ1) is 15.8. The van der Waals surface area contributed by atoms with Gasteiger partial charge in [0.15, 0.2) is 24.4 Å². The first-order valence-electron chi connectivity index (χ1n) is 6.47. The van der Waals surface area contributed by atoms with Gasteiger partial charge in [-0.15, -0.1) is 0 Å². The summed E-state index contributed by atoms with van der Waals surface area (Å²) in [6, 6.07) is 3.37.